The van der Waals surface area contributed by atoms with Crippen LogP contribution in [0.1, 0.15) is 41.5 Å². The van der Waals surface area contributed by atoms with Gasteiger partial charge in [0.05, 0.1) is 38.4 Å². The number of carbonyl (C=O) groups excluding carboxylic acids is 4. The van der Waals surface area contributed by atoms with Crippen molar-refractivity contribution in [2.45, 2.75) is 102 Å². The number of hydrogen-bond donors (Lipinski definition) is 2. The van der Waals surface area contributed by atoms with Gasteiger partial charge in [-0.3, -0.25) is 9.59 Å². The standard InChI is InChI=1S/C28H48N6O10SSi2/c1-27(2,3)46(7,8)41-15-17-11-19-13-31(21(17)23(29)35)25(37)33(19)43-45(39,40)44-34-20-12-18(16-42-47(9,10)28(4,5)6)22(24(30)36)32(14-20)26(34)38/h11-12,19-22H,13-16H2,1-10H3,(H2,29,35)(H2,30,36)/t19-,20-,21+,22+/m1/s1. The van der Waals surface area contributed by atoms with Gasteiger partial charge >= 0.3 is 22.5 Å². The van der Waals surface area contributed by atoms with Crippen LogP contribution in [0.4, 0.5) is 9.59 Å². The Morgan fingerprint density at radius 3 is 1.34 bits per heavy atom. The first kappa shape index (κ1) is 37.0. The summed E-state index contributed by atoms with van der Waals surface area (Å²) in [4.78, 5) is 53.8. The smallest absolute Gasteiger partial charge is 0.413 e. The van der Waals surface area contributed by atoms with Gasteiger partial charge < -0.3 is 30.1 Å². The van der Waals surface area contributed by atoms with Gasteiger partial charge in [-0.2, -0.15) is 18.5 Å². The van der Waals surface area contributed by atoms with Gasteiger partial charge in [-0.25, -0.2) is 9.59 Å². The number of rotatable bonds is 12. The molecule has 0 spiro atoms. The molecule has 4 heterocycles. The monoisotopic (exact) mass is 716 g/mol. The largest absolute Gasteiger partial charge is 0.442 e. The lowest BCUT2D eigenvalue weighted by Gasteiger charge is -2.38. The maximum atomic E-state index is 13.3. The van der Waals surface area contributed by atoms with Crippen LogP contribution in [-0.2, 0) is 37.4 Å². The molecule has 4 bridgehead atoms. The Hall–Kier alpha value is -2.82. The van der Waals surface area contributed by atoms with E-state index in [0.717, 1.165) is 9.80 Å². The highest BCUT2D eigenvalue weighted by Crippen LogP contribution is 2.40. The quantitative estimate of drug-likeness (QED) is 0.222. The lowest BCUT2D eigenvalue weighted by atomic mass is 9.99. The van der Waals surface area contributed by atoms with Crippen molar-refractivity contribution in [3.05, 3.63) is 23.3 Å². The molecule has 16 nitrogen and oxygen atoms in total. The van der Waals surface area contributed by atoms with Gasteiger partial charge in [0.15, 0.2) is 16.6 Å². The molecule has 4 atom stereocenters. The summed E-state index contributed by atoms with van der Waals surface area (Å²) in [6.07, 6.45) is 3.07. The molecule has 0 unspecified atom stereocenters. The Kier molecular flexibility index (Phi) is 9.65. The fourth-order valence-corrected chi connectivity index (χ4v) is 7.96. The molecule has 0 aromatic heterocycles. The number of primary amides is 2. The van der Waals surface area contributed by atoms with E-state index in [0.29, 0.717) is 21.3 Å². The van der Waals surface area contributed by atoms with Crippen molar-refractivity contribution in [2.75, 3.05) is 26.3 Å². The number of hydrogen-bond acceptors (Lipinski definition) is 10. The van der Waals surface area contributed by atoms with Gasteiger partial charge in [0.25, 0.3) is 0 Å². The van der Waals surface area contributed by atoms with Crippen LogP contribution in [0.5, 0.6) is 0 Å². The van der Waals surface area contributed by atoms with Crippen LogP contribution in [0.3, 0.4) is 0 Å². The van der Waals surface area contributed by atoms with Crippen LogP contribution in [0, 0.1) is 0 Å². The Labute approximate surface area is 278 Å². The Morgan fingerprint density at radius 1 is 0.745 bits per heavy atom. The van der Waals surface area contributed by atoms with E-state index in [1.165, 1.54) is 12.2 Å². The van der Waals surface area contributed by atoms with E-state index in [1.807, 2.05) is 26.2 Å². The number of nitrogens with two attached hydrogens (primary N) is 2. The third kappa shape index (κ3) is 7.15. The van der Waals surface area contributed by atoms with E-state index < -0.39 is 75.1 Å². The van der Waals surface area contributed by atoms with Crippen LogP contribution >= 0.6 is 0 Å². The Bertz CT molecular complexity index is 1400. The van der Waals surface area contributed by atoms with E-state index in [4.69, 9.17) is 28.9 Å². The van der Waals surface area contributed by atoms with Crippen molar-refractivity contribution in [3.8, 4) is 0 Å². The first-order valence-electron chi connectivity index (χ1n) is 15.4. The fourth-order valence-electron chi connectivity index (χ4n) is 5.27. The van der Waals surface area contributed by atoms with E-state index in [2.05, 4.69) is 41.5 Å². The molecule has 4 aliphatic rings. The summed E-state index contributed by atoms with van der Waals surface area (Å²) in [6.45, 7) is 20.3. The highest BCUT2D eigenvalue weighted by molar-refractivity contribution is 7.81. The minimum atomic E-state index is -5.09. The highest BCUT2D eigenvalue weighted by atomic mass is 32.3. The molecule has 0 aromatic rings. The molecule has 2 fully saturated rings. The molecule has 19 heteroatoms. The van der Waals surface area contributed by atoms with Gasteiger partial charge in [0, 0.05) is 0 Å². The van der Waals surface area contributed by atoms with Crippen molar-refractivity contribution < 1.29 is 45.0 Å². The third-order valence-corrected chi connectivity index (χ3v) is 19.7. The van der Waals surface area contributed by atoms with Crippen molar-refractivity contribution in [1.29, 1.82) is 0 Å². The average Bonchev–Trinajstić information content (AvgIpc) is 3.28. The van der Waals surface area contributed by atoms with E-state index in [9.17, 15) is 27.6 Å². The molecule has 264 valence electrons. The normalized spacial score (nSPS) is 25.4. The molecule has 0 radical (unpaired) electrons. The maximum Gasteiger partial charge on any atom is 0.442 e. The zero-order chi connectivity index (χ0) is 35.7. The van der Waals surface area contributed by atoms with Gasteiger partial charge in [0.2, 0.25) is 11.8 Å². The lowest BCUT2D eigenvalue weighted by molar-refractivity contribution is -0.122. The maximum absolute atomic E-state index is 13.3. The molecule has 6 amide bonds. The molecular weight excluding hydrogens is 669 g/mol. The molecule has 2 saturated heterocycles. The minimum Gasteiger partial charge on any atom is -0.413 e. The number of fused-ring (bicyclic) bond motifs is 4. The highest BCUT2D eigenvalue weighted by Gasteiger charge is 2.53. The summed E-state index contributed by atoms with van der Waals surface area (Å²) in [7, 11) is -9.63. The topological polar surface area (TPSA) is 204 Å². The number of hydroxylamine groups is 4. The summed E-state index contributed by atoms with van der Waals surface area (Å²) in [5.41, 5.74) is 12.2. The van der Waals surface area contributed by atoms with E-state index >= 15 is 0 Å². The molecule has 47 heavy (non-hydrogen) atoms. The molecular formula is C28H48N6O10SSi2. The Balaban J connectivity index is 1.53. The predicted octanol–water partition coefficient (Wildman–Crippen LogP) is 1.94. The van der Waals surface area contributed by atoms with Gasteiger partial charge in [-0.1, -0.05) is 53.7 Å². The van der Waals surface area contributed by atoms with Crippen LogP contribution < -0.4 is 11.5 Å². The molecule has 0 saturated carbocycles. The molecule has 0 aromatic carbocycles. The zero-order valence-corrected chi connectivity index (χ0v) is 31.5. The van der Waals surface area contributed by atoms with Crippen LogP contribution in [0.25, 0.3) is 0 Å². The van der Waals surface area contributed by atoms with Crippen molar-refractivity contribution >= 4 is 50.9 Å². The van der Waals surface area contributed by atoms with Crippen LogP contribution in [0.15, 0.2) is 23.3 Å². The predicted molar refractivity (Wildman–Crippen MR) is 175 cm³/mol. The average molecular weight is 717 g/mol. The second-order valence-corrected chi connectivity index (χ2v) is 26.1. The summed E-state index contributed by atoms with van der Waals surface area (Å²) in [6, 6.07) is -6.06. The second kappa shape index (κ2) is 12.3. The lowest BCUT2D eigenvalue weighted by Crippen LogP contribution is -2.50. The van der Waals surface area contributed by atoms with Crippen molar-refractivity contribution in [2.24, 2.45) is 11.5 Å². The van der Waals surface area contributed by atoms with Crippen LogP contribution in [0.2, 0.25) is 36.3 Å². The second-order valence-electron chi connectivity index (χ2n) is 15.4. The SMILES string of the molecule is CC(C)(C)[Si](C)(C)OCC1=C[C@@H]2CN(C(=O)N2OS(=O)(=O)ON2C(=O)N3C[C@H]2C=C(CO[Si](C)(C)C(C)(C)C)[C@H]3C(N)=O)[C@@H]1C(N)=O. The first-order chi connectivity index (χ1) is 21.3. The van der Waals surface area contributed by atoms with E-state index in [1.54, 1.807) is 0 Å². The molecule has 0 aliphatic carbocycles. The zero-order valence-electron chi connectivity index (χ0n) is 28.7. The molecule has 4 aliphatic heterocycles. The van der Waals surface area contributed by atoms with E-state index in [-0.39, 0.29) is 36.4 Å². The Morgan fingerprint density at radius 2 is 1.06 bits per heavy atom. The third-order valence-electron chi connectivity index (χ3n) is 10.1. The number of urea groups is 2. The van der Waals surface area contributed by atoms with Gasteiger partial charge in [-0.15, -0.1) is 8.57 Å². The summed E-state index contributed by atoms with van der Waals surface area (Å²) >= 11 is 0. The molecule has 4 N–H and O–H groups in total. The van der Waals surface area contributed by atoms with Gasteiger partial charge in [-0.05, 0) is 47.4 Å². The molecule has 4 rings (SSSR count). The van der Waals surface area contributed by atoms with Gasteiger partial charge in [0.1, 0.15) is 12.1 Å². The summed E-state index contributed by atoms with van der Waals surface area (Å²) < 4.78 is 49.2. The number of nitrogens with zero attached hydrogens (tertiary/aromatic N) is 4. The van der Waals surface area contributed by atoms with Crippen molar-refractivity contribution in [3.63, 3.8) is 0 Å². The van der Waals surface area contributed by atoms with Crippen LogP contribution in [-0.4, -0.2) is 119 Å². The van der Waals surface area contributed by atoms with Crippen molar-refractivity contribution in [1.82, 2.24) is 19.9 Å². The number of amides is 6. The summed E-state index contributed by atoms with van der Waals surface area (Å²) in [5.74, 6) is -1.62. The number of carbonyl (C=O) groups is 4. The minimum absolute atomic E-state index is 0.0100. The fraction of sp³-hybridized carbons (Fsp3) is 0.714. The first-order valence-corrected chi connectivity index (χ1v) is 22.5. The summed E-state index contributed by atoms with van der Waals surface area (Å²) in [5, 5.41) is 0.872.